The van der Waals surface area contributed by atoms with E-state index in [1.807, 2.05) is 6.92 Å². The molecule has 0 saturated carbocycles. The van der Waals surface area contributed by atoms with Gasteiger partial charge in [-0.05, 0) is 13.3 Å². The van der Waals surface area contributed by atoms with Crippen LogP contribution < -0.4 is 5.32 Å². The van der Waals surface area contributed by atoms with Crippen molar-refractivity contribution in [1.29, 1.82) is 0 Å². The van der Waals surface area contributed by atoms with Crippen LogP contribution in [0.1, 0.15) is 20.3 Å². The Morgan fingerprint density at radius 1 is 1.62 bits per heavy atom. The van der Waals surface area contributed by atoms with Crippen LogP contribution in [0.4, 0.5) is 0 Å². The molecule has 0 aliphatic rings. The Kier molecular flexibility index (Phi) is 5.90. The van der Waals surface area contributed by atoms with Gasteiger partial charge in [-0.3, -0.25) is 9.00 Å². The van der Waals surface area contributed by atoms with Gasteiger partial charge in [0.25, 0.3) is 0 Å². The molecule has 0 fully saturated rings. The lowest BCUT2D eigenvalue weighted by atomic mass is 10.2. The normalized spacial score (nSPS) is 17.8. The summed E-state index contributed by atoms with van der Waals surface area (Å²) < 4.78 is 10.8. The van der Waals surface area contributed by atoms with Crippen molar-refractivity contribution in [2.24, 2.45) is 0 Å². The number of carboxylic acid groups (broad SMARTS) is 1. The number of aliphatic carboxylic acids is 1. The van der Waals surface area contributed by atoms with E-state index in [0.717, 1.165) is 0 Å². The quantitative estimate of drug-likeness (QED) is 0.653. The van der Waals surface area contributed by atoms with Crippen molar-refractivity contribution in [3.05, 3.63) is 0 Å². The van der Waals surface area contributed by atoms with E-state index in [0.29, 0.717) is 12.2 Å². The van der Waals surface area contributed by atoms with E-state index in [1.165, 1.54) is 0 Å². The molecule has 0 bridgehead atoms. The molecule has 0 aromatic carbocycles. The number of hydrogen-bond donors (Lipinski definition) is 2. The van der Waals surface area contributed by atoms with Crippen molar-refractivity contribution in [2.75, 3.05) is 12.0 Å². The molecule has 0 aliphatic heterocycles. The third kappa shape index (κ3) is 5.76. The second-order valence-electron chi connectivity index (χ2n) is 3.11. The van der Waals surface area contributed by atoms with Crippen molar-refractivity contribution in [2.45, 2.75) is 32.4 Å². The number of carboxylic acids is 1. The lowest BCUT2D eigenvalue weighted by molar-refractivity contribution is -0.139. The molecule has 0 amide bonds. The molecule has 0 aromatic heterocycles. The van der Waals surface area contributed by atoms with Crippen molar-refractivity contribution in [3.8, 4) is 0 Å². The monoisotopic (exact) mass is 207 g/mol. The Bertz CT molecular complexity index is 196. The van der Waals surface area contributed by atoms with Crippen molar-refractivity contribution in [3.63, 3.8) is 0 Å². The Morgan fingerprint density at radius 3 is 2.46 bits per heavy atom. The summed E-state index contributed by atoms with van der Waals surface area (Å²) in [5.41, 5.74) is 0. The van der Waals surface area contributed by atoms with Gasteiger partial charge >= 0.3 is 5.97 Å². The molecule has 0 radical (unpaired) electrons. The molecule has 2 N–H and O–H groups in total. The first-order valence-corrected chi connectivity index (χ1v) is 5.99. The van der Waals surface area contributed by atoms with E-state index in [2.05, 4.69) is 5.32 Å². The van der Waals surface area contributed by atoms with Gasteiger partial charge in [0.2, 0.25) is 0 Å². The topological polar surface area (TPSA) is 66.4 Å². The van der Waals surface area contributed by atoms with Crippen LogP contribution in [0.2, 0.25) is 0 Å². The van der Waals surface area contributed by atoms with Gasteiger partial charge in [0.1, 0.15) is 6.04 Å². The fraction of sp³-hybridized carbons (Fsp3) is 0.875. The number of carbonyl (C=O) groups is 1. The van der Waals surface area contributed by atoms with E-state index >= 15 is 0 Å². The minimum Gasteiger partial charge on any atom is -0.480 e. The predicted molar refractivity (Wildman–Crippen MR) is 53.2 cm³/mol. The van der Waals surface area contributed by atoms with Crippen LogP contribution in [0, 0.1) is 0 Å². The molecular formula is C8H17NO3S. The van der Waals surface area contributed by atoms with Crippen LogP contribution in [0.25, 0.3) is 0 Å². The number of rotatable bonds is 6. The Balaban J connectivity index is 3.93. The standard InChI is InChI=1S/C8H17NO3S/c1-4-7(8(10)11)9-6(2)5-13(3)12/h6-7,9H,4-5H2,1-3H3,(H,10,11). The van der Waals surface area contributed by atoms with Gasteiger partial charge in [-0.1, -0.05) is 6.92 Å². The van der Waals surface area contributed by atoms with Crippen LogP contribution in [0.3, 0.4) is 0 Å². The summed E-state index contributed by atoms with van der Waals surface area (Å²) in [4.78, 5) is 10.6. The molecule has 78 valence electrons. The minimum atomic E-state index is -0.883. The highest BCUT2D eigenvalue weighted by Crippen LogP contribution is 1.95. The van der Waals surface area contributed by atoms with Crippen molar-refractivity contribution in [1.82, 2.24) is 5.32 Å². The zero-order valence-corrected chi connectivity index (χ0v) is 9.06. The average molecular weight is 207 g/mol. The van der Waals surface area contributed by atoms with E-state index < -0.39 is 22.8 Å². The van der Waals surface area contributed by atoms with Gasteiger partial charge < -0.3 is 10.4 Å². The van der Waals surface area contributed by atoms with Gasteiger partial charge in [0.15, 0.2) is 0 Å². The van der Waals surface area contributed by atoms with E-state index in [9.17, 15) is 9.00 Å². The average Bonchev–Trinajstić information content (AvgIpc) is 1.98. The molecule has 0 spiro atoms. The van der Waals surface area contributed by atoms with E-state index in [-0.39, 0.29) is 6.04 Å². The summed E-state index contributed by atoms with van der Waals surface area (Å²) in [6.45, 7) is 3.65. The number of hydrogen-bond acceptors (Lipinski definition) is 3. The first kappa shape index (κ1) is 12.6. The molecule has 0 rings (SSSR count). The maximum atomic E-state index is 10.8. The van der Waals surface area contributed by atoms with Crippen LogP contribution in [-0.4, -0.2) is 39.4 Å². The lowest BCUT2D eigenvalue weighted by Crippen LogP contribution is -2.43. The third-order valence-electron chi connectivity index (χ3n) is 1.68. The van der Waals surface area contributed by atoms with Gasteiger partial charge in [0.05, 0.1) is 0 Å². The molecule has 3 atom stereocenters. The molecular weight excluding hydrogens is 190 g/mol. The molecule has 0 saturated heterocycles. The fourth-order valence-electron chi connectivity index (χ4n) is 1.11. The summed E-state index contributed by atoms with van der Waals surface area (Å²) in [7, 11) is -0.883. The molecule has 4 nitrogen and oxygen atoms in total. The second-order valence-corrected chi connectivity index (χ2v) is 4.59. The highest BCUT2D eigenvalue weighted by atomic mass is 32.2. The maximum absolute atomic E-state index is 10.8. The maximum Gasteiger partial charge on any atom is 0.320 e. The number of nitrogens with one attached hydrogen (secondary N) is 1. The Hall–Kier alpha value is -0.420. The van der Waals surface area contributed by atoms with Gasteiger partial charge in [-0.2, -0.15) is 0 Å². The molecule has 0 aliphatic carbocycles. The molecule has 0 aromatic rings. The van der Waals surface area contributed by atoms with Crippen LogP contribution >= 0.6 is 0 Å². The fourth-order valence-corrected chi connectivity index (χ4v) is 1.91. The van der Waals surface area contributed by atoms with Crippen LogP contribution in [0.15, 0.2) is 0 Å². The summed E-state index contributed by atoms with van der Waals surface area (Å²) in [5, 5.41) is 11.6. The summed E-state index contributed by atoms with van der Waals surface area (Å²) in [5.74, 6) is -0.361. The van der Waals surface area contributed by atoms with E-state index in [4.69, 9.17) is 5.11 Å². The van der Waals surface area contributed by atoms with Crippen LogP contribution in [-0.2, 0) is 15.6 Å². The molecule has 5 heteroatoms. The highest BCUT2D eigenvalue weighted by molar-refractivity contribution is 7.84. The van der Waals surface area contributed by atoms with Crippen LogP contribution in [0.5, 0.6) is 0 Å². The SMILES string of the molecule is CCC(NC(C)CS(C)=O)C(=O)O. The largest absolute Gasteiger partial charge is 0.480 e. The van der Waals surface area contributed by atoms with E-state index in [1.54, 1.807) is 13.2 Å². The third-order valence-corrected chi connectivity index (χ3v) is 2.65. The Labute approximate surface area is 81.2 Å². The summed E-state index contributed by atoms with van der Waals surface area (Å²) in [6.07, 6.45) is 2.15. The Morgan fingerprint density at radius 2 is 2.15 bits per heavy atom. The molecule has 0 heterocycles. The zero-order valence-electron chi connectivity index (χ0n) is 8.24. The van der Waals surface area contributed by atoms with Gasteiger partial charge in [0, 0.05) is 28.9 Å². The van der Waals surface area contributed by atoms with Crippen molar-refractivity contribution < 1.29 is 14.1 Å². The molecule has 3 unspecified atom stereocenters. The summed E-state index contributed by atoms with van der Waals surface area (Å²) in [6, 6.07) is -0.551. The lowest BCUT2D eigenvalue weighted by Gasteiger charge is -2.17. The minimum absolute atomic E-state index is 0.0214. The zero-order chi connectivity index (χ0) is 10.4. The second kappa shape index (κ2) is 6.10. The van der Waals surface area contributed by atoms with Gasteiger partial charge in [-0.25, -0.2) is 0 Å². The first-order chi connectivity index (χ1) is 5.97. The first-order valence-electron chi connectivity index (χ1n) is 4.26. The summed E-state index contributed by atoms with van der Waals surface area (Å²) >= 11 is 0. The predicted octanol–water partition coefficient (Wildman–Crippen LogP) is 0.206. The molecule has 13 heavy (non-hydrogen) atoms. The highest BCUT2D eigenvalue weighted by Gasteiger charge is 2.17. The smallest absolute Gasteiger partial charge is 0.320 e. The van der Waals surface area contributed by atoms with Gasteiger partial charge in [-0.15, -0.1) is 0 Å². The van der Waals surface area contributed by atoms with Crippen molar-refractivity contribution >= 4 is 16.8 Å².